The first-order valence-corrected chi connectivity index (χ1v) is 3.01. The molecule has 0 spiro atoms. The average Bonchev–Trinajstić information content (AvgIpc) is 2.06. The molecule has 0 saturated heterocycles. The maximum absolute atomic E-state index is 9.54. The number of hydrogen-bond donors (Lipinski definition) is 4. The van der Waals surface area contributed by atoms with Crippen molar-refractivity contribution < 1.29 is 19.5 Å². The van der Waals surface area contributed by atoms with Crippen molar-refractivity contribution in [2.75, 3.05) is 0 Å². The molecule has 0 aromatic rings. The lowest BCUT2D eigenvalue weighted by Crippen LogP contribution is -2.33. The number of rotatable bonds is 0. The Hall–Kier alpha value is -2.25. The molecule has 0 saturated carbocycles. The second-order valence-corrected chi connectivity index (χ2v) is 1.61. The molecular formula is C5H8N4O4. The molecule has 72 valence electrons. The van der Waals surface area contributed by atoms with Crippen molar-refractivity contribution in [3.05, 3.63) is 12.3 Å². The quantitative estimate of drug-likeness (QED) is 0.402. The summed E-state index contributed by atoms with van der Waals surface area (Å²) >= 11 is 0. The number of amides is 3. The lowest BCUT2D eigenvalue weighted by atomic mass is 10.7. The van der Waals surface area contributed by atoms with Gasteiger partial charge in [0.2, 0.25) is 0 Å². The van der Waals surface area contributed by atoms with Gasteiger partial charge in [-0.3, -0.25) is 0 Å². The molecule has 1 aliphatic heterocycles. The van der Waals surface area contributed by atoms with Gasteiger partial charge in [-0.25, -0.2) is 14.9 Å². The van der Waals surface area contributed by atoms with Gasteiger partial charge in [-0.1, -0.05) is 0 Å². The molecule has 8 heteroatoms. The minimum atomic E-state index is -1.44. The molecule has 1 aliphatic rings. The molecule has 0 fully saturated rings. The number of primary amides is 1. The van der Waals surface area contributed by atoms with Gasteiger partial charge in [0.25, 0.3) is 0 Å². The Bertz CT molecular complexity index is 213. The molecule has 0 aromatic heterocycles. The largest absolute Gasteiger partial charge is 0.465 e. The number of hydrogen-bond acceptors (Lipinski definition) is 5. The molecule has 1 rings (SSSR count). The van der Waals surface area contributed by atoms with Crippen LogP contribution in [0.3, 0.4) is 0 Å². The van der Waals surface area contributed by atoms with Gasteiger partial charge in [0.1, 0.15) is 6.26 Å². The molecule has 5 N–H and O–H groups in total. The van der Waals surface area contributed by atoms with Gasteiger partial charge >= 0.3 is 12.1 Å². The van der Waals surface area contributed by atoms with Gasteiger partial charge in [-0.05, 0) is 6.08 Å². The summed E-state index contributed by atoms with van der Waals surface area (Å²) < 4.78 is 0. The van der Waals surface area contributed by atoms with Crippen LogP contribution < -0.4 is 16.6 Å². The van der Waals surface area contributed by atoms with Gasteiger partial charge in [0, 0.05) is 0 Å². The normalized spacial score (nSPS) is 11.4. The van der Waals surface area contributed by atoms with E-state index < -0.39 is 12.1 Å². The van der Waals surface area contributed by atoms with Gasteiger partial charge in [0.05, 0.1) is 6.21 Å². The third-order valence-electron chi connectivity index (χ3n) is 0.643. The number of allylic oxidation sites excluding steroid dienone is 1. The second kappa shape index (κ2) is 6.46. The minimum Gasteiger partial charge on any atom is -0.465 e. The number of urea groups is 1. The van der Waals surface area contributed by atoms with Crippen molar-refractivity contribution in [1.82, 2.24) is 10.9 Å². The Morgan fingerprint density at radius 3 is 2.38 bits per heavy atom. The molecule has 0 aromatic carbocycles. The Morgan fingerprint density at radius 2 is 2.31 bits per heavy atom. The highest BCUT2D eigenvalue weighted by atomic mass is 16.7. The molecule has 0 bridgehead atoms. The number of carbonyl (C=O) groups is 2. The van der Waals surface area contributed by atoms with E-state index in [9.17, 15) is 9.59 Å². The summed E-state index contributed by atoms with van der Waals surface area (Å²) in [5, 5.41) is 12.5. The molecule has 0 atom stereocenters. The number of nitrogens with zero attached hydrogens (tertiary/aromatic N) is 1. The fourth-order valence-corrected chi connectivity index (χ4v) is 0.314. The maximum Gasteiger partial charge on any atom is 0.412 e. The van der Waals surface area contributed by atoms with Crippen molar-refractivity contribution in [1.29, 1.82) is 0 Å². The first kappa shape index (κ1) is 10.8. The Kier molecular flexibility index (Phi) is 5.34. The number of nitrogens with one attached hydrogen (secondary N) is 2. The molecule has 3 amide bonds. The molecule has 13 heavy (non-hydrogen) atoms. The van der Waals surface area contributed by atoms with E-state index in [0.717, 1.165) is 0 Å². The zero-order valence-electron chi connectivity index (χ0n) is 6.43. The van der Waals surface area contributed by atoms with Crippen LogP contribution >= 0.6 is 0 Å². The third-order valence-corrected chi connectivity index (χ3v) is 0.643. The topological polar surface area (TPSA) is 126 Å². The van der Waals surface area contributed by atoms with Gasteiger partial charge in [-0.15, -0.1) is 5.59 Å². The predicted molar refractivity (Wildman–Crippen MR) is 42.6 cm³/mol. The Labute approximate surface area is 73.0 Å². The van der Waals surface area contributed by atoms with E-state index in [4.69, 9.17) is 5.11 Å². The van der Waals surface area contributed by atoms with Crippen molar-refractivity contribution >= 4 is 18.3 Å². The second-order valence-electron chi connectivity index (χ2n) is 1.61. The first-order valence-electron chi connectivity index (χ1n) is 3.01. The SMILES string of the molecule is C1=CONN=C1.NC(=O)NC(=O)O. The van der Waals surface area contributed by atoms with Gasteiger partial charge in [0.15, 0.2) is 0 Å². The van der Waals surface area contributed by atoms with E-state index in [2.05, 4.69) is 21.3 Å². The van der Waals surface area contributed by atoms with Crippen molar-refractivity contribution in [2.45, 2.75) is 0 Å². The highest BCUT2D eigenvalue weighted by molar-refractivity contribution is 5.88. The van der Waals surface area contributed by atoms with E-state index in [1.807, 2.05) is 0 Å². The van der Waals surface area contributed by atoms with Crippen molar-refractivity contribution in [3.8, 4) is 0 Å². The summed E-state index contributed by atoms with van der Waals surface area (Å²) in [7, 11) is 0. The summed E-state index contributed by atoms with van der Waals surface area (Å²) in [6.45, 7) is 0. The van der Waals surface area contributed by atoms with Crippen molar-refractivity contribution in [3.63, 3.8) is 0 Å². The number of nitrogens with two attached hydrogens (primary N) is 1. The monoisotopic (exact) mass is 188 g/mol. The van der Waals surface area contributed by atoms with Crippen LogP contribution in [0.5, 0.6) is 0 Å². The maximum atomic E-state index is 9.54. The van der Waals surface area contributed by atoms with E-state index in [0.29, 0.717) is 0 Å². The van der Waals surface area contributed by atoms with E-state index in [-0.39, 0.29) is 0 Å². The Balaban J connectivity index is 0.000000223. The van der Waals surface area contributed by atoms with Gasteiger partial charge in [-0.2, -0.15) is 5.10 Å². The molecule has 0 unspecified atom stereocenters. The average molecular weight is 188 g/mol. The van der Waals surface area contributed by atoms with E-state index in [1.165, 1.54) is 11.6 Å². The Morgan fingerprint density at radius 1 is 1.62 bits per heavy atom. The van der Waals surface area contributed by atoms with Crippen LogP contribution in [0, 0.1) is 0 Å². The molecule has 0 aliphatic carbocycles. The predicted octanol–water partition coefficient (Wildman–Crippen LogP) is -0.647. The number of carboxylic acid groups (broad SMARTS) is 1. The van der Waals surface area contributed by atoms with Crippen LogP contribution in [-0.4, -0.2) is 23.4 Å². The van der Waals surface area contributed by atoms with Crippen LogP contribution in [0.1, 0.15) is 0 Å². The molecule has 0 radical (unpaired) electrons. The highest BCUT2D eigenvalue weighted by Gasteiger charge is 1.94. The fraction of sp³-hybridized carbons (Fsp3) is 0. The minimum absolute atomic E-state index is 1.06. The molecule has 1 heterocycles. The standard InChI is InChI=1S/C3H4N2O.C2H4N2O3/c1-2-4-5-6-3-1;3-1(5)4-2(6)7/h1-3,5H;(H,6,7)(H3,3,4,5). The lowest BCUT2D eigenvalue weighted by molar-refractivity contribution is 0.136. The van der Waals surface area contributed by atoms with Crippen LogP contribution in [0.4, 0.5) is 9.59 Å². The number of hydrazone groups is 1. The van der Waals surface area contributed by atoms with Crippen LogP contribution in [0.25, 0.3) is 0 Å². The number of imide groups is 1. The number of carbonyl (C=O) groups excluding carboxylic acids is 1. The molecule has 8 nitrogen and oxygen atoms in total. The molecular weight excluding hydrogens is 180 g/mol. The zero-order valence-corrected chi connectivity index (χ0v) is 6.43. The summed E-state index contributed by atoms with van der Waals surface area (Å²) in [4.78, 5) is 23.4. The van der Waals surface area contributed by atoms with Crippen LogP contribution in [0.15, 0.2) is 17.4 Å². The lowest BCUT2D eigenvalue weighted by Gasteiger charge is -1.96. The van der Waals surface area contributed by atoms with E-state index in [1.54, 1.807) is 12.3 Å². The first-order chi connectivity index (χ1) is 6.13. The van der Waals surface area contributed by atoms with Crippen LogP contribution in [0.2, 0.25) is 0 Å². The van der Waals surface area contributed by atoms with E-state index >= 15 is 0 Å². The fourth-order valence-electron chi connectivity index (χ4n) is 0.314. The van der Waals surface area contributed by atoms with Gasteiger partial charge < -0.3 is 15.7 Å². The van der Waals surface area contributed by atoms with Crippen LogP contribution in [-0.2, 0) is 4.84 Å². The van der Waals surface area contributed by atoms with Crippen molar-refractivity contribution in [2.24, 2.45) is 10.8 Å². The summed E-state index contributed by atoms with van der Waals surface area (Å²) in [6.07, 6.45) is 3.36. The smallest absolute Gasteiger partial charge is 0.412 e. The summed E-state index contributed by atoms with van der Waals surface area (Å²) in [5.74, 6) is 0. The third kappa shape index (κ3) is 9.75. The highest BCUT2D eigenvalue weighted by Crippen LogP contribution is 1.74. The summed E-state index contributed by atoms with van der Waals surface area (Å²) in [5.41, 5.74) is 6.63. The summed E-state index contributed by atoms with van der Waals surface area (Å²) in [6, 6.07) is -1.06. The zero-order chi connectivity index (χ0) is 10.1.